The molecule has 59 heavy (non-hydrogen) atoms. The van der Waals surface area contributed by atoms with Crippen molar-refractivity contribution in [1.29, 1.82) is 5.26 Å². The van der Waals surface area contributed by atoms with Crippen LogP contribution in [-0.2, 0) is 19.5 Å². The van der Waals surface area contributed by atoms with Crippen LogP contribution in [0, 0.1) is 11.3 Å². The number of alkyl halides is 2. The smallest absolute Gasteiger partial charge is 0.255 e. The first-order chi connectivity index (χ1) is 26.6. The number of fused-ring (bicyclic) bond motifs is 2. The molecule has 0 bridgehead atoms. The molecule has 0 aliphatic rings. The monoisotopic (exact) mass is 1010 g/mol. The summed E-state index contributed by atoms with van der Waals surface area (Å²) in [6, 6.07) is 43.7. The Bertz CT molecular complexity index is 2250. The van der Waals surface area contributed by atoms with Gasteiger partial charge in [0, 0.05) is 30.1 Å². The van der Waals surface area contributed by atoms with Gasteiger partial charge in [0.05, 0.1) is 56.6 Å². The van der Waals surface area contributed by atoms with E-state index in [4.69, 9.17) is 28.5 Å². The largest absolute Gasteiger partial charge is 2.00 e. The van der Waals surface area contributed by atoms with E-state index in [1.54, 1.807) is 18.5 Å². The van der Waals surface area contributed by atoms with Crippen LogP contribution in [0.1, 0.15) is 6.92 Å². The Morgan fingerprint density at radius 3 is 1.02 bits per heavy atom. The minimum absolute atomic E-state index is 0. The summed E-state index contributed by atoms with van der Waals surface area (Å²) in [6.45, 7) is 1.43. The molecule has 0 aliphatic heterocycles. The fourth-order valence-electron chi connectivity index (χ4n) is 4.17. The maximum Gasteiger partial charge on any atom is 2.00 e. The van der Waals surface area contributed by atoms with E-state index in [1.807, 2.05) is 103 Å². The average molecular weight is 1010 g/mol. The van der Waals surface area contributed by atoms with Gasteiger partial charge in [0.15, 0.2) is 0 Å². The van der Waals surface area contributed by atoms with Crippen LogP contribution in [0.15, 0.2) is 140 Å². The van der Waals surface area contributed by atoms with E-state index < -0.39 is 15.6 Å². The molecule has 6 nitrogen and oxygen atoms in total. The van der Waals surface area contributed by atoms with Crippen molar-refractivity contribution in [2.24, 2.45) is 0 Å². The minimum Gasteiger partial charge on any atom is -0.255 e. The number of rotatable bonds is 3. The Labute approximate surface area is 351 Å². The predicted molar refractivity (Wildman–Crippen MR) is 208 cm³/mol. The molecule has 5 heterocycles. The van der Waals surface area contributed by atoms with E-state index >= 15 is 0 Å². The van der Waals surface area contributed by atoms with Gasteiger partial charge in [-0.2, -0.15) is 5.26 Å². The normalized spacial score (nSPS) is 12.8. The Morgan fingerprint density at radius 1 is 0.441 bits per heavy atom. The van der Waals surface area contributed by atoms with Gasteiger partial charge in [-0.05, 0) is 60.7 Å². The van der Waals surface area contributed by atoms with Gasteiger partial charge in [0.25, 0.3) is 0 Å². The molecule has 0 spiro atoms. The maximum atomic E-state index is 9.87. The summed E-state index contributed by atoms with van der Waals surface area (Å²) in [5.74, 6) is 0. The third-order valence-corrected chi connectivity index (χ3v) is 6.06. The zero-order chi connectivity index (χ0) is 43.8. The number of nitrogens with zero attached hydrogens (tertiary/aromatic N) is 6. The van der Waals surface area contributed by atoms with Gasteiger partial charge in [-0.3, -0.25) is 9.97 Å². The number of aromatic nitrogens is 5. The Kier molecular flexibility index (Phi) is 17.9. The number of nitriles is 1. The third kappa shape index (κ3) is 26.2. The molecule has 0 N–H and O–H groups in total. The quantitative estimate of drug-likeness (QED) is 0.0758. The van der Waals surface area contributed by atoms with Crippen molar-refractivity contribution in [3.8, 4) is 40.2 Å². The summed E-state index contributed by atoms with van der Waals surface area (Å²) in [5.41, 5.74) is 7.28. The van der Waals surface area contributed by atoms with Crippen molar-refractivity contribution >= 4 is 60.6 Å². The van der Waals surface area contributed by atoms with Crippen molar-refractivity contribution < 1.29 is 69.8 Å². The van der Waals surface area contributed by atoms with Crippen LogP contribution < -0.4 is 0 Å². The van der Waals surface area contributed by atoms with E-state index in [0.717, 1.165) is 56.0 Å². The molecule has 0 saturated heterocycles. The van der Waals surface area contributed by atoms with Crippen LogP contribution in [-0.4, -0.2) is 30.3 Å². The molecule has 0 radical (unpaired) electrons. The summed E-state index contributed by atoms with van der Waals surface area (Å²) in [5, 5.41) is 9.81. The predicted octanol–water partition coefficient (Wildman–Crippen LogP) is 16.4. The first-order valence-corrected chi connectivity index (χ1v) is 20.8. The number of hydrogen-bond acceptors (Lipinski definition) is 6. The molecule has 318 valence electrons. The fraction of sp³-hybridized carbons (Fsp3) is 0.0556. The van der Waals surface area contributed by atoms with E-state index in [9.17, 15) is 50.4 Å². The summed E-state index contributed by atoms with van der Waals surface area (Å²) in [7, 11) is -21.3. The van der Waals surface area contributed by atoms with Crippen molar-refractivity contribution in [1.82, 2.24) is 24.9 Å². The summed E-state index contributed by atoms with van der Waals surface area (Å²) in [4.78, 5) is 22.6. The van der Waals surface area contributed by atoms with E-state index in [0.29, 0.717) is 0 Å². The second kappa shape index (κ2) is 20.1. The molecule has 7 aromatic rings. The molecule has 7 rings (SSSR count). The van der Waals surface area contributed by atoms with Crippen molar-refractivity contribution in [3.63, 3.8) is 0 Å². The van der Waals surface area contributed by atoms with Crippen LogP contribution in [0.5, 0.6) is 0 Å². The fourth-order valence-corrected chi connectivity index (χ4v) is 4.17. The average Bonchev–Trinajstić information content (AvgIpc) is 3.14. The van der Waals surface area contributed by atoms with Gasteiger partial charge in [-0.1, -0.05) is 66.7 Å². The molecule has 2 aromatic carbocycles. The topological polar surface area (TPSA) is 88.2 Å². The SMILES string of the molecule is CC#N.ClCCl.F[P-](F)(F)(F)(F)F.F[P-](F)(F)(F)(F)F.[Ru+2].c1ccc(-c2cccc(-c3ccccn3)n2)nc1.c1ccc2nc(-c3ccc4ccccc4n3)ccc2c1. The molecule has 0 unspecified atom stereocenters. The van der Waals surface area contributed by atoms with Gasteiger partial charge >= 0.3 is 85.5 Å². The zero-order valence-corrected chi connectivity index (χ0v) is 34.7. The van der Waals surface area contributed by atoms with Crippen LogP contribution in [0.3, 0.4) is 0 Å². The van der Waals surface area contributed by atoms with Gasteiger partial charge in [0.1, 0.15) is 0 Å². The molecular formula is C36H28Cl2F12N6P2Ru. The first kappa shape index (κ1) is 52.4. The number of halogens is 14. The summed E-state index contributed by atoms with van der Waals surface area (Å²) < 4.78 is 118. The number of hydrogen-bond donors (Lipinski definition) is 0. The number of pyridine rings is 5. The maximum absolute atomic E-state index is 10.7. The summed E-state index contributed by atoms with van der Waals surface area (Å²) in [6.07, 6.45) is 3.54. The molecule has 0 saturated carbocycles. The van der Waals surface area contributed by atoms with E-state index in [-0.39, 0.29) is 24.8 Å². The van der Waals surface area contributed by atoms with Crippen molar-refractivity contribution in [2.75, 3.05) is 5.34 Å². The second-order valence-corrected chi connectivity index (χ2v) is 15.5. The van der Waals surface area contributed by atoms with Gasteiger partial charge in [-0.15, -0.1) is 23.2 Å². The number of benzene rings is 2. The summed E-state index contributed by atoms with van der Waals surface area (Å²) >= 11 is 9.53. The molecule has 0 amide bonds. The molecule has 5 aromatic heterocycles. The molecule has 0 aliphatic carbocycles. The van der Waals surface area contributed by atoms with Crippen LogP contribution in [0.2, 0.25) is 0 Å². The Morgan fingerprint density at radius 2 is 0.712 bits per heavy atom. The number of para-hydroxylation sites is 2. The Balaban J connectivity index is 0.000000407. The van der Waals surface area contributed by atoms with Crippen molar-refractivity contribution in [2.45, 2.75) is 6.92 Å². The van der Waals surface area contributed by atoms with E-state index in [1.165, 1.54) is 6.92 Å². The van der Waals surface area contributed by atoms with Crippen LogP contribution in [0.25, 0.3) is 56.0 Å². The van der Waals surface area contributed by atoms with Crippen LogP contribution >= 0.6 is 38.8 Å². The zero-order valence-electron chi connectivity index (χ0n) is 29.7. The standard InChI is InChI=1S/C18H12N2.C15H11N3.C2H3N.CH2Cl2.2F6P.Ru/c1-3-7-15-13(5-1)9-11-17(19-15)18-12-10-14-6-2-4-8-16(14)20-18;1-3-10-16-12(6-1)14-8-5-9-15(18-14)13-7-2-4-11-17-13;1-2-3;2-1-3;2*1-7(2,3,4,5)6;/h1-12H;1-11H;1H3;1H2;;;/q;;;;2*-1;+2. The molecular weight excluding hydrogens is 978 g/mol. The van der Waals surface area contributed by atoms with Crippen molar-refractivity contribution in [3.05, 3.63) is 140 Å². The first-order valence-electron chi connectivity index (χ1n) is 15.6. The van der Waals surface area contributed by atoms with Gasteiger partial charge in [0.2, 0.25) is 0 Å². The minimum atomic E-state index is -10.7. The molecule has 0 atom stereocenters. The van der Waals surface area contributed by atoms with Gasteiger partial charge < -0.3 is 0 Å². The Hall–Kier alpha value is -4.58. The molecule has 0 fully saturated rings. The second-order valence-electron chi connectivity index (χ2n) is 10.9. The van der Waals surface area contributed by atoms with Crippen LogP contribution in [0.4, 0.5) is 50.4 Å². The molecule has 23 heteroatoms. The third-order valence-electron chi connectivity index (χ3n) is 6.06. The van der Waals surface area contributed by atoms with E-state index in [2.05, 4.69) is 49.2 Å². The van der Waals surface area contributed by atoms with Gasteiger partial charge in [-0.25, -0.2) is 15.0 Å².